The second kappa shape index (κ2) is 4.78. The Labute approximate surface area is 110 Å². The summed E-state index contributed by atoms with van der Waals surface area (Å²) < 4.78 is 0. The van der Waals surface area contributed by atoms with Crippen molar-refractivity contribution in [1.29, 1.82) is 0 Å². The van der Waals surface area contributed by atoms with Crippen LogP contribution in [-0.2, 0) is 4.79 Å². The molecule has 5 nitrogen and oxygen atoms in total. The number of fused-ring (bicyclic) bond motifs is 1. The maximum absolute atomic E-state index is 12.0. The van der Waals surface area contributed by atoms with Crippen molar-refractivity contribution in [2.45, 2.75) is 19.6 Å². The number of aliphatic hydroxyl groups excluding tert-OH is 1. The van der Waals surface area contributed by atoms with Gasteiger partial charge in [-0.1, -0.05) is 18.7 Å². The molecule has 0 radical (unpaired) electrons. The van der Waals surface area contributed by atoms with Gasteiger partial charge in [-0.15, -0.1) is 0 Å². The van der Waals surface area contributed by atoms with E-state index in [4.69, 9.17) is 0 Å². The number of carbonyl (C=O) groups is 3. The number of hydrogen-bond donors (Lipinski definition) is 1. The van der Waals surface area contributed by atoms with Gasteiger partial charge in [0.2, 0.25) is 0 Å². The fourth-order valence-corrected chi connectivity index (χ4v) is 1.91. The van der Waals surface area contributed by atoms with Crippen LogP contribution in [0.4, 0.5) is 0 Å². The molecule has 2 amide bonds. The van der Waals surface area contributed by atoms with Crippen LogP contribution in [-0.4, -0.2) is 33.8 Å². The number of aliphatic hydroxyl groups is 1. The molecule has 0 aromatic heterocycles. The van der Waals surface area contributed by atoms with Crippen LogP contribution in [0.25, 0.3) is 0 Å². The number of nitrogens with zero attached hydrogens (tertiary/aromatic N) is 1. The van der Waals surface area contributed by atoms with Crippen molar-refractivity contribution >= 4 is 17.6 Å². The summed E-state index contributed by atoms with van der Waals surface area (Å²) in [5, 5.41) is 9.90. The van der Waals surface area contributed by atoms with E-state index in [1.165, 1.54) is 19.1 Å². The quantitative estimate of drug-likeness (QED) is 0.650. The summed E-state index contributed by atoms with van der Waals surface area (Å²) in [5.41, 5.74) is 0.763. The smallest absolute Gasteiger partial charge is 0.263 e. The largest absolute Gasteiger partial charge is 0.373 e. The Morgan fingerprint density at radius 3 is 2.16 bits per heavy atom. The van der Waals surface area contributed by atoms with Gasteiger partial charge in [-0.2, -0.15) is 0 Å². The molecular formula is C14H13NO4. The predicted molar refractivity (Wildman–Crippen MR) is 67.4 cm³/mol. The standard InChI is InChI=1S/C14H13NO4/c1-8(2)11(16)7-12(17)15-13(18)9-5-3-4-6-10(9)14(15)19/h3-6,12,17H,1,7H2,2H3. The monoisotopic (exact) mass is 259 g/mol. The van der Waals surface area contributed by atoms with E-state index in [2.05, 4.69) is 6.58 Å². The zero-order valence-electron chi connectivity index (χ0n) is 10.4. The SMILES string of the molecule is C=C(C)C(=O)CC(O)N1C(=O)c2ccccc2C1=O. The molecule has 0 saturated carbocycles. The summed E-state index contributed by atoms with van der Waals surface area (Å²) in [7, 11) is 0. The van der Waals surface area contributed by atoms with Gasteiger partial charge in [0.1, 0.15) is 6.23 Å². The van der Waals surface area contributed by atoms with Crippen molar-refractivity contribution in [2.75, 3.05) is 0 Å². The number of Topliss-reactive ketones (excluding diaryl/α,β-unsaturated/α-hetero) is 1. The second-order valence-electron chi connectivity index (χ2n) is 4.41. The van der Waals surface area contributed by atoms with Crippen LogP contribution in [0.2, 0.25) is 0 Å². The Hall–Kier alpha value is -2.27. The molecule has 0 aliphatic carbocycles. The molecule has 98 valence electrons. The van der Waals surface area contributed by atoms with Crippen molar-refractivity contribution in [3.63, 3.8) is 0 Å². The first-order chi connectivity index (χ1) is 8.93. The van der Waals surface area contributed by atoms with Gasteiger partial charge in [0.05, 0.1) is 17.5 Å². The van der Waals surface area contributed by atoms with E-state index in [-0.39, 0.29) is 28.9 Å². The Balaban J connectivity index is 2.24. The molecule has 0 spiro atoms. The molecule has 1 atom stereocenters. The topological polar surface area (TPSA) is 74.7 Å². The highest BCUT2D eigenvalue weighted by Gasteiger charge is 2.39. The zero-order valence-corrected chi connectivity index (χ0v) is 10.4. The van der Waals surface area contributed by atoms with E-state index in [9.17, 15) is 19.5 Å². The average Bonchev–Trinajstić information content (AvgIpc) is 2.62. The number of benzene rings is 1. The average molecular weight is 259 g/mol. The summed E-state index contributed by atoms with van der Waals surface area (Å²) in [6.07, 6.45) is -1.79. The van der Waals surface area contributed by atoms with Crippen molar-refractivity contribution in [3.05, 3.63) is 47.5 Å². The Kier molecular flexibility index (Phi) is 3.31. The Morgan fingerprint density at radius 2 is 1.74 bits per heavy atom. The van der Waals surface area contributed by atoms with E-state index in [1.54, 1.807) is 12.1 Å². The van der Waals surface area contributed by atoms with Crippen LogP contribution in [0.1, 0.15) is 34.1 Å². The van der Waals surface area contributed by atoms with E-state index >= 15 is 0 Å². The molecule has 0 bridgehead atoms. The number of allylic oxidation sites excluding steroid dienone is 1. The number of carbonyl (C=O) groups excluding carboxylic acids is 3. The minimum Gasteiger partial charge on any atom is -0.373 e. The van der Waals surface area contributed by atoms with Crippen LogP contribution < -0.4 is 0 Å². The summed E-state index contributed by atoms with van der Waals surface area (Å²) in [5.74, 6) is -1.55. The van der Waals surface area contributed by atoms with Crippen LogP contribution in [0.15, 0.2) is 36.4 Å². The summed E-state index contributed by atoms with van der Waals surface area (Å²) in [6.45, 7) is 4.97. The van der Waals surface area contributed by atoms with E-state index < -0.39 is 18.0 Å². The van der Waals surface area contributed by atoms with Gasteiger partial charge in [0.25, 0.3) is 11.8 Å². The van der Waals surface area contributed by atoms with Crippen LogP contribution in [0.5, 0.6) is 0 Å². The Bertz CT molecular complexity index is 556. The molecular weight excluding hydrogens is 246 g/mol. The normalized spacial score (nSPS) is 15.4. The predicted octanol–water partition coefficient (Wildman–Crippen LogP) is 1.14. The van der Waals surface area contributed by atoms with Crippen molar-refractivity contribution in [2.24, 2.45) is 0 Å². The van der Waals surface area contributed by atoms with Gasteiger partial charge >= 0.3 is 0 Å². The molecule has 0 saturated heterocycles. The lowest BCUT2D eigenvalue weighted by Gasteiger charge is -2.20. The van der Waals surface area contributed by atoms with Crippen LogP contribution >= 0.6 is 0 Å². The van der Waals surface area contributed by atoms with E-state index in [1.807, 2.05) is 0 Å². The lowest BCUT2D eigenvalue weighted by atomic mass is 10.1. The summed E-state index contributed by atoms with van der Waals surface area (Å²) in [4.78, 5) is 36.2. The highest BCUT2D eigenvalue weighted by Crippen LogP contribution is 2.24. The number of ketones is 1. The second-order valence-corrected chi connectivity index (χ2v) is 4.41. The van der Waals surface area contributed by atoms with Gasteiger partial charge in [0.15, 0.2) is 5.78 Å². The third-order valence-corrected chi connectivity index (χ3v) is 2.97. The van der Waals surface area contributed by atoms with Gasteiger partial charge in [0, 0.05) is 0 Å². The summed E-state index contributed by atoms with van der Waals surface area (Å²) >= 11 is 0. The molecule has 5 heteroatoms. The number of amides is 2. The first-order valence-corrected chi connectivity index (χ1v) is 5.77. The number of imide groups is 1. The first-order valence-electron chi connectivity index (χ1n) is 5.77. The molecule has 1 aliphatic rings. The van der Waals surface area contributed by atoms with Gasteiger partial charge in [-0.25, -0.2) is 4.90 Å². The maximum Gasteiger partial charge on any atom is 0.263 e. The fraction of sp³-hybridized carbons (Fsp3) is 0.214. The molecule has 1 heterocycles. The number of hydrogen-bond acceptors (Lipinski definition) is 4. The third-order valence-electron chi connectivity index (χ3n) is 2.97. The van der Waals surface area contributed by atoms with Crippen molar-refractivity contribution < 1.29 is 19.5 Å². The molecule has 1 aromatic rings. The van der Waals surface area contributed by atoms with Crippen LogP contribution in [0.3, 0.4) is 0 Å². The van der Waals surface area contributed by atoms with Crippen molar-refractivity contribution in [3.8, 4) is 0 Å². The molecule has 0 fully saturated rings. The van der Waals surface area contributed by atoms with E-state index in [0.717, 1.165) is 0 Å². The third kappa shape index (κ3) is 2.20. The fourth-order valence-electron chi connectivity index (χ4n) is 1.91. The minimum absolute atomic E-state index is 0.245. The van der Waals surface area contributed by atoms with Gasteiger partial charge < -0.3 is 5.11 Å². The van der Waals surface area contributed by atoms with Crippen molar-refractivity contribution in [1.82, 2.24) is 4.90 Å². The Morgan fingerprint density at radius 1 is 1.26 bits per heavy atom. The molecule has 19 heavy (non-hydrogen) atoms. The van der Waals surface area contributed by atoms with Crippen LogP contribution in [0, 0.1) is 0 Å². The van der Waals surface area contributed by atoms with E-state index in [0.29, 0.717) is 4.90 Å². The molecule has 1 aliphatic heterocycles. The van der Waals surface area contributed by atoms with Gasteiger partial charge in [-0.05, 0) is 24.6 Å². The highest BCUT2D eigenvalue weighted by molar-refractivity contribution is 6.21. The minimum atomic E-state index is -1.46. The lowest BCUT2D eigenvalue weighted by molar-refractivity contribution is -0.118. The molecule has 2 rings (SSSR count). The highest BCUT2D eigenvalue weighted by atomic mass is 16.3. The number of rotatable bonds is 4. The van der Waals surface area contributed by atoms with Gasteiger partial charge in [-0.3, -0.25) is 14.4 Å². The molecule has 1 aromatic carbocycles. The summed E-state index contributed by atoms with van der Waals surface area (Å²) in [6, 6.07) is 6.31. The maximum atomic E-state index is 12.0. The molecule has 1 N–H and O–H groups in total. The molecule has 1 unspecified atom stereocenters. The first kappa shape index (κ1) is 13.2. The zero-order chi connectivity index (χ0) is 14.2. The lowest BCUT2D eigenvalue weighted by Crippen LogP contribution is -2.41.